The summed E-state index contributed by atoms with van der Waals surface area (Å²) in [5.41, 5.74) is -1.52. The van der Waals surface area contributed by atoms with E-state index in [0.717, 1.165) is 6.42 Å². The fourth-order valence-corrected chi connectivity index (χ4v) is 5.00. The van der Waals surface area contributed by atoms with Crippen LogP contribution in [0.25, 0.3) is 0 Å². The molecule has 2 bridgehead atoms. The molecule has 7 nitrogen and oxygen atoms in total. The average molecular weight is 383 g/mol. The van der Waals surface area contributed by atoms with Crippen LogP contribution in [0, 0.1) is 0 Å². The molecule has 1 aromatic heterocycles. The van der Waals surface area contributed by atoms with Crippen molar-refractivity contribution in [1.29, 1.82) is 0 Å². The van der Waals surface area contributed by atoms with Crippen LogP contribution in [-0.2, 0) is 13.9 Å². The zero-order valence-electron chi connectivity index (χ0n) is 16.7. The third-order valence-electron chi connectivity index (χ3n) is 6.36. The number of H-pyrrole nitrogens is 1. The number of ether oxygens (including phenoxy) is 2. The number of hydrogen-bond donors (Lipinski definition) is 1. The van der Waals surface area contributed by atoms with Gasteiger partial charge in [-0.15, -0.1) is 0 Å². The van der Waals surface area contributed by atoms with Crippen molar-refractivity contribution in [2.24, 2.45) is 0 Å². The van der Waals surface area contributed by atoms with Gasteiger partial charge >= 0.3 is 5.69 Å². The van der Waals surface area contributed by atoms with E-state index in [-0.39, 0.29) is 23.4 Å². The molecule has 1 aromatic rings. The summed E-state index contributed by atoms with van der Waals surface area (Å²) in [6.07, 6.45) is 0.827. The maximum Gasteiger partial charge on any atom is 0.330 e. The Bertz CT molecular complexity index is 796. The Morgan fingerprint density at radius 3 is 2.54 bits per heavy atom. The van der Waals surface area contributed by atoms with E-state index in [4.69, 9.17) is 13.9 Å². The zero-order valence-corrected chi connectivity index (χ0v) is 17.7. The maximum absolute atomic E-state index is 12.3. The lowest BCUT2D eigenvalue weighted by molar-refractivity contribution is -0.208. The van der Waals surface area contributed by atoms with Crippen LogP contribution in [0.1, 0.15) is 47.3 Å². The van der Waals surface area contributed by atoms with E-state index in [2.05, 4.69) is 45.8 Å². The topological polar surface area (TPSA) is 82.6 Å². The first-order valence-electron chi connectivity index (χ1n) is 9.25. The van der Waals surface area contributed by atoms with Gasteiger partial charge < -0.3 is 13.9 Å². The number of nitrogens with one attached hydrogen (secondary N) is 1. The number of aromatic nitrogens is 2. The van der Waals surface area contributed by atoms with E-state index in [1.54, 1.807) is 0 Å². The minimum atomic E-state index is -2.06. The highest BCUT2D eigenvalue weighted by Gasteiger charge is 2.66. The fourth-order valence-electron chi connectivity index (χ4n) is 3.68. The predicted octanol–water partition coefficient (Wildman–Crippen LogP) is 2.39. The fraction of sp³-hybridized carbons (Fsp3) is 0.778. The second-order valence-corrected chi connectivity index (χ2v) is 13.6. The van der Waals surface area contributed by atoms with Gasteiger partial charge in [-0.3, -0.25) is 14.3 Å². The van der Waals surface area contributed by atoms with Crippen molar-refractivity contribution in [3.05, 3.63) is 33.1 Å². The summed E-state index contributed by atoms with van der Waals surface area (Å²) < 4.78 is 20.7. The second-order valence-electron chi connectivity index (χ2n) is 8.88. The number of nitrogens with zero attached hydrogens (tertiary/aromatic N) is 1. The van der Waals surface area contributed by atoms with Gasteiger partial charge in [-0.05, 0) is 31.5 Å². The van der Waals surface area contributed by atoms with Gasteiger partial charge in [0.25, 0.3) is 5.56 Å². The molecule has 0 amide bonds. The minimum absolute atomic E-state index is 0.0531. The molecule has 0 aliphatic carbocycles. The monoisotopic (exact) mass is 382 g/mol. The van der Waals surface area contributed by atoms with Crippen LogP contribution in [0.5, 0.6) is 0 Å². The first-order chi connectivity index (χ1) is 11.9. The van der Waals surface area contributed by atoms with E-state index in [1.807, 2.05) is 6.92 Å². The van der Waals surface area contributed by atoms with Crippen molar-refractivity contribution in [1.82, 2.24) is 9.55 Å². The van der Waals surface area contributed by atoms with E-state index in [1.165, 1.54) is 16.8 Å². The van der Waals surface area contributed by atoms with Gasteiger partial charge in [0.05, 0.1) is 6.10 Å². The molecule has 0 saturated carbocycles. The minimum Gasteiger partial charge on any atom is -0.408 e. The van der Waals surface area contributed by atoms with Gasteiger partial charge in [-0.1, -0.05) is 27.7 Å². The van der Waals surface area contributed by atoms with E-state index >= 15 is 0 Å². The van der Waals surface area contributed by atoms with Gasteiger partial charge in [0.1, 0.15) is 17.8 Å². The van der Waals surface area contributed by atoms with Gasteiger partial charge in [0.2, 0.25) is 0 Å². The van der Waals surface area contributed by atoms with Crippen LogP contribution < -0.4 is 11.2 Å². The lowest BCUT2D eigenvalue weighted by atomic mass is 9.91. The van der Waals surface area contributed by atoms with Crippen LogP contribution in [0.15, 0.2) is 21.9 Å². The standard InChI is InChI=1S/C18H30N2O5Si/c1-8-18-11(2)23-13(14(18)25-26(6,7)17(3,4)5)15(24-18)20-10-9-12(21)19-16(20)22/h9-11,13-15H,8H2,1-7H3,(H,19,21,22)/t11-,13-,14+,15-,18+/m1/s1. The molecule has 2 fully saturated rings. The van der Waals surface area contributed by atoms with Crippen LogP contribution in [-0.4, -0.2) is 41.8 Å². The van der Waals surface area contributed by atoms with Gasteiger partial charge in [0.15, 0.2) is 14.5 Å². The summed E-state index contributed by atoms with van der Waals surface area (Å²) in [6.45, 7) is 15.1. The molecule has 1 N–H and O–H groups in total. The molecule has 8 heteroatoms. The van der Waals surface area contributed by atoms with Crippen LogP contribution in [0.3, 0.4) is 0 Å². The van der Waals surface area contributed by atoms with Crippen LogP contribution >= 0.6 is 0 Å². The molecule has 3 heterocycles. The highest BCUT2D eigenvalue weighted by atomic mass is 28.4. The lowest BCUT2D eigenvalue weighted by Crippen LogP contribution is -2.52. The molecule has 2 aliphatic rings. The molecule has 0 spiro atoms. The lowest BCUT2D eigenvalue weighted by Gasteiger charge is -2.41. The molecule has 0 unspecified atom stereocenters. The van der Waals surface area contributed by atoms with Crippen molar-refractivity contribution in [3.8, 4) is 0 Å². The number of hydrogen-bond acceptors (Lipinski definition) is 5. The van der Waals surface area contributed by atoms with Crippen LogP contribution in [0.4, 0.5) is 0 Å². The summed E-state index contributed by atoms with van der Waals surface area (Å²) >= 11 is 0. The van der Waals surface area contributed by atoms with Gasteiger partial charge in [-0.2, -0.15) is 0 Å². The normalized spacial score (nSPS) is 34.4. The molecule has 26 heavy (non-hydrogen) atoms. The Kier molecular flexibility index (Phi) is 4.62. The zero-order chi connectivity index (χ0) is 19.5. The van der Waals surface area contributed by atoms with Crippen molar-refractivity contribution < 1.29 is 13.9 Å². The maximum atomic E-state index is 12.3. The van der Waals surface area contributed by atoms with E-state index in [0.29, 0.717) is 0 Å². The smallest absolute Gasteiger partial charge is 0.330 e. The predicted molar refractivity (Wildman–Crippen MR) is 101 cm³/mol. The molecule has 3 rings (SSSR count). The van der Waals surface area contributed by atoms with E-state index in [9.17, 15) is 9.59 Å². The molecule has 0 aromatic carbocycles. The molecule has 5 atom stereocenters. The summed E-state index contributed by atoms with van der Waals surface area (Å²) in [5, 5.41) is 0.0531. The van der Waals surface area contributed by atoms with Crippen LogP contribution in [0.2, 0.25) is 18.1 Å². The largest absolute Gasteiger partial charge is 0.408 e. The van der Waals surface area contributed by atoms with E-state index < -0.39 is 31.4 Å². The molecule has 0 radical (unpaired) electrons. The van der Waals surface area contributed by atoms with Crippen molar-refractivity contribution in [3.63, 3.8) is 0 Å². The Hall–Kier alpha value is -1.22. The summed E-state index contributed by atoms with van der Waals surface area (Å²) in [5.74, 6) is 0. The quantitative estimate of drug-likeness (QED) is 0.809. The van der Waals surface area contributed by atoms with Crippen molar-refractivity contribution >= 4 is 8.32 Å². The number of rotatable bonds is 4. The molecule has 2 aliphatic heterocycles. The summed E-state index contributed by atoms with van der Waals surface area (Å²) in [7, 11) is -2.06. The number of aromatic amines is 1. The first kappa shape index (κ1) is 19.5. The molecular formula is C18H30N2O5Si. The average Bonchev–Trinajstić information content (AvgIpc) is 2.94. The molecule has 2 saturated heterocycles. The Balaban J connectivity index is 2.00. The highest BCUT2D eigenvalue weighted by molar-refractivity contribution is 6.74. The number of fused-ring (bicyclic) bond motifs is 2. The Morgan fingerprint density at radius 2 is 2.00 bits per heavy atom. The van der Waals surface area contributed by atoms with Crippen molar-refractivity contribution in [2.45, 2.75) is 89.3 Å². The second kappa shape index (κ2) is 6.15. The highest BCUT2D eigenvalue weighted by Crippen LogP contribution is 2.53. The Morgan fingerprint density at radius 1 is 1.35 bits per heavy atom. The third kappa shape index (κ3) is 2.83. The third-order valence-corrected chi connectivity index (χ3v) is 10.8. The summed E-state index contributed by atoms with van der Waals surface area (Å²) in [6, 6.07) is 1.32. The molecular weight excluding hydrogens is 352 g/mol. The van der Waals surface area contributed by atoms with Crippen molar-refractivity contribution in [2.75, 3.05) is 0 Å². The molecule has 146 valence electrons. The van der Waals surface area contributed by atoms with Gasteiger partial charge in [-0.25, -0.2) is 4.79 Å². The first-order valence-corrected chi connectivity index (χ1v) is 12.2. The summed E-state index contributed by atoms with van der Waals surface area (Å²) in [4.78, 5) is 25.9. The van der Waals surface area contributed by atoms with Gasteiger partial charge in [0, 0.05) is 12.3 Å². The SMILES string of the molecule is CC[C@]12O[C@@H](n3ccc(=O)[nH]c3=O)[C@H](O[C@@H]1C)[C@@H]2O[Si](C)(C)C(C)(C)C. The Labute approximate surface area is 154 Å².